The number of hydrogen-bond acceptors (Lipinski definition) is 3. The smallest absolute Gasteiger partial charge is 0.257 e. The van der Waals surface area contributed by atoms with Gasteiger partial charge in [0.25, 0.3) is 5.91 Å². The Morgan fingerprint density at radius 3 is 2.44 bits per heavy atom. The quantitative estimate of drug-likeness (QED) is 0.585. The van der Waals surface area contributed by atoms with Crippen LogP contribution in [0.5, 0.6) is 5.75 Å². The second kappa shape index (κ2) is 9.45. The summed E-state index contributed by atoms with van der Waals surface area (Å²) >= 11 is 0. The van der Waals surface area contributed by atoms with Crippen molar-refractivity contribution in [3.8, 4) is 5.75 Å². The van der Waals surface area contributed by atoms with E-state index < -0.39 is 0 Å². The van der Waals surface area contributed by atoms with Gasteiger partial charge in [-0.1, -0.05) is 57.4 Å². The second-order valence-electron chi connectivity index (χ2n) is 7.07. The highest BCUT2D eigenvalue weighted by Crippen LogP contribution is 2.33. The SMILES string of the molecule is CCCCCOc1ccc(C2Nc3ccccc3C(=O)N2CCCC)cc1. The summed E-state index contributed by atoms with van der Waals surface area (Å²) in [6.07, 6.45) is 5.37. The number of carbonyl (C=O) groups excluding carboxylic acids is 1. The van der Waals surface area contributed by atoms with E-state index in [1.807, 2.05) is 41.3 Å². The first-order chi connectivity index (χ1) is 13.2. The second-order valence-corrected chi connectivity index (χ2v) is 7.07. The van der Waals surface area contributed by atoms with Gasteiger partial charge in [-0.15, -0.1) is 0 Å². The monoisotopic (exact) mass is 366 g/mol. The fourth-order valence-corrected chi connectivity index (χ4v) is 3.40. The van der Waals surface area contributed by atoms with E-state index in [1.54, 1.807) is 0 Å². The van der Waals surface area contributed by atoms with E-state index in [1.165, 1.54) is 12.8 Å². The first-order valence-electron chi connectivity index (χ1n) is 10.1. The van der Waals surface area contributed by atoms with Crippen molar-refractivity contribution in [2.45, 2.75) is 52.1 Å². The van der Waals surface area contributed by atoms with Crippen molar-refractivity contribution in [1.29, 1.82) is 0 Å². The van der Waals surface area contributed by atoms with Crippen molar-refractivity contribution in [2.75, 3.05) is 18.5 Å². The third-order valence-electron chi connectivity index (χ3n) is 4.99. The number of amides is 1. The van der Waals surface area contributed by atoms with Crippen LogP contribution < -0.4 is 10.1 Å². The number of rotatable bonds is 9. The van der Waals surface area contributed by atoms with Crippen LogP contribution in [0.2, 0.25) is 0 Å². The zero-order chi connectivity index (χ0) is 19.1. The molecule has 0 spiro atoms. The molecule has 1 heterocycles. The Bertz CT molecular complexity index is 742. The number of unbranched alkanes of at least 4 members (excludes halogenated alkanes) is 3. The first kappa shape index (κ1) is 19.3. The van der Waals surface area contributed by atoms with Gasteiger partial charge in [0.15, 0.2) is 0 Å². The topological polar surface area (TPSA) is 41.6 Å². The van der Waals surface area contributed by atoms with Crippen molar-refractivity contribution < 1.29 is 9.53 Å². The molecule has 0 aliphatic carbocycles. The summed E-state index contributed by atoms with van der Waals surface area (Å²) in [5.41, 5.74) is 2.73. The van der Waals surface area contributed by atoms with Crippen LogP contribution >= 0.6 is 0 Å². The highest BCUT2D eigenvalue weighted by molar-refractivity contribution is 6.01. The molecular formula is C23H30N2O2. The zero-order valence-corrected chi connectivity index (χ0v) is 16.4. The van der Waals surface area contributed by atoms with Gasteiger partial charge in [0.05, 0.1) is 12.2 Å². The summed E-state index contributed by atoms with van der Waals surface area (Å²) in [6, 6.07) is 15.9. The number of benzene rings is 2. The molecule has 1 N–H and O–H groups in total. The lowest BCUT2D eigenvalue weighted by Crippen LogP contribution is -2.43. The summed E-state index contributed by atoms with van der Waals surface area (Å²) in [6.45, 7) is 5.84. The Hall–Kier alpha value is -2.49. The van der Waals surface area contributed by atoms with Crippen molar-refractivity contribution in [2.24, 2.45) is 0 Å². The van der Waals surface area contributed by atoms with E-state index >= 15 is 0 Å². The molecule has 1 amide bonds. The molecule has 0 radical (unpaired) electrons. The fourth-order valence-electron chi connectivity index (χ4n) is 3.40. The third-order valence-corrected chi connectivity index (χ3v) is 4.99. The molecule has 4 nitrogen and oxygen atoms in total. The van der Waals surface area contributed by atoms with Crippen LogP contribution in [-0.2, 0) is 0 Å². The zero-order valence-electron chi connectivity index (χ0n) is 16.4. The van der Waals surface area contributed by atoms with Gasteiger partial charge in [-0.3, -0.25) is 4.79 Å². The van der Waals surface area contributed by atoms with Gasteiger partial charge in [-0.25, -0.2) is 0 Å². The minimum Gasteiger partial charge on any atom is -0.494 e. The third kappa shape index (κ3) is 4.62. The first-order valence-corrected chi connectivity index (χ1v) is 10.1. The molecule has 0 aromatic heterocycles. The largest absolute Gasteiger partial charge is 0.494 e. The number of para-hydroxylation sites is 1. The molecule has 144 valence electrons. The number of nitrogens with one attached hydrogen (secondary N) is 1. The Morgan fingerprint density at radius 2 is 1.70 bits per heavy atom. The van der Waals surface area contributed by atoms with Crippen molar-refractivity contribution >= 4 is 11.6 Å². The van der Waals surface area contributed by atoms with Crippen LogP contribution in [0.4, 0.5) is 5.69 Å². The predicted octanol–water partition coefficient (Wildman–Crippen LogP) is 5.62. The van der Waals surface area contributed by atoms with Gasteiger partial charge >= 0.3 is 0 Å². The van der Waals surface area contributed by atoms with Gasteiger partial charge < -0.3 is 15.0 Å². The Labute approximate surface area is 162 Å². The van der Waals surface area contributed by atoms with Gasteiger partial charge in [0.1, 0.15) is 11.9 Å². The highest BCUT2D eigenvalue weighted by Gasteiger charge is 2.32. The summed E-state index contributed by atoms with van der Waals surface area (Å²) < 4.78 is 5.82. The highest BCUT2D eigenvalue weighted by atomic mass is 16.5. The van der Waals surface area contributed by atoms with Crippen molar-refractivity contribution in [1.82, 2.24) is 4.90 Å². The fraction of sp³-hybridized carbons (Fsp3) is 0.435. The average molecular weight is 367 g/mol. The Morgan fingerprint density at radius 1 is 0.963 bits per heavy atom. The Balaban J connectivity index is 1.77. The molecule has 0 saturated heterocycles. The number of carbonyl (C=O) groups is 1. The number of ether oxygens (including phenoxy) is 1. The standard InChI is InChI=1S/C23H30N2O2/c1-3-5-9-17-27-19-14-12-18(13-15-19)22-24-21-11-8-7-10-20(21)23(26)25(22)16-6-4-2/h7-8,10-15,22,24H,3-6,9,16-17H2,1-2H3. The molecule has 2 aromatic carbocycles. The summed E-state index contributed by atoms with van der Waals surface area (Å²) in [5.74, 6) is 0.986. The maximum absolute atomic E-state index is 13.0. The van der Waals surface area contributed by atoms with Crippen LogP contribution in [0.25, 0.3) is 0 Å². The van der Waals surface area contributed by atoms with E-state index in [9.17, 15) is 4.79 Å². The van der Waals surface area contributed by atoms with Crippen LogP contribution in [0.3, 0.4) is 0 Å². The van der Waals surface area contributed by atoms with Crippen molar-refractivity contribution in [3.63, 3.8) is 0 Å². The number of fused-ring (bicyclic) bond motifs is 1. The van der Waals surface area contributed by atoms with Gasteiger partial charge in [-0.2, -0.15) is 0 Å². The summed E-state index contributed by atoms with van der Waals surface area (Å²) in [5, 5.41) is 3.55. The summed E-state index contributed by atoms with van der Waals surface area (Å²) in [7, 11) is 0. The van der Waals surface area contributed by atoms with E-state index in [0.717, 1.165) is 55.0 Å². The lowest BCUT2D eigenvalue weighted by molar-refractivity contribution is 0.0680. The van der Waals surface area contributed by atoms with Crippen LogP contribution in [0.15, 0.2) is 48.5 Å². The van der Waals surface area contributed by atoms with E-state index in [-0.39, 0.29) is 12.1 Å². The van der Waals surface area contributed by atoms with Gasteiger partial charge in [-0.05, 0) is 42.7 Å². The minimum atomic E-state index is -0.145. The number of hydrogen-bond donors (Lipinski definition) is 1. The van der Waals surface area contributed by atoms with E-state index in [2.05, 4.69) is 31.3 Å². The minimum absolute atomic E-state index is 0.0997. The normalized spacial score (nSPS) is 16.0. The number of anilines is 1. The molecule has 0 fully saturated rings. The maximum atomic E-state index is 13.0. The van der Waals surface area contributed by atoms with E-state index in [0.29, 0.717) is 0 Å². The maximum Gasteiger partial charge on any atom is 0.257 e. The van der Waals surface area contributed by atoms with Crippen LogP contribution in [0.1, 0.15) is 68.0 Å². The molecule has 1 atom stereocenters. The molecule has 4 heteroatoms. The molecule has 0 saturated carbocycles. The predicted molar refractivity (Wildman–Crippen MR) is 110 cm³/mol. The molecule has 3 rings (SSSR count). The molecule has 2 aromatic rings. The molecule has 0 bridgehead atoms. The molecule has 1 aliphatic rings. The van der Waals surface area contributed by atoms with Crippen LogP contribution in [-0.4, -0.2) is 24.0 Å². The molecule has 1 aliphatic heterocycles. The molecule has 1 unspecified atom stereocenters. The summed E-state index contributed by atoms with van der Waals surface area (Å²) in [4.78, 5) is 15.0. The molecule has 27 heavy (non-hydrogen) atoms. The van der Waals surface area contributed by atoms with E-state index in [4.69, 9.17) is 4.74 Å². The van der Waals surface area contributed by atoms with Crippen molar-refractivity contribution in [3.05, 3.63) is 59.7 Å². The van der Waals surface area contributed by atoms with Gasteiger partial charge in [0.2, 0.25) is 0 Å². The Kier molecular flexibility index (Phi) is 6.74. The lowest BCUT2D eigenvalue weighted by atomic mass is 10.0. The number of nitrogens with zero attached hydrogens (tertiary/aromatic N) is 1. The van der Waals surface area contributed by atoms with Gasteiger partial charge in [0, 0.05) is 12.2 Å². The van der Waals surface area contributed by atoms with Crippen LogP contribution in [0, 0.1) is 0 Å². The lowest BCUT2D eigenvalue weighted by Gasteiger charge is -2.38. The average Bonchev–Trinajstić information content (AvgIpc) is 2.71. The molecular weight excluding hydrogens is 336 g/mol.